The van der Waals surface area contributed by atoms with Crippen LogP contribution >= 0.6 is 11.3 Å². The molecule has 0 atom stereocenters. The summed E-state index contributed by atoms with van der Waals surface area (Å²) >= 11 is 1.57. The number of nitrogens with zero attached hydrogens (tertiary/aromatic N) is 3. The lowest BCUT2D eigenvalue weighted by molar-refractivity contribution is -0.140. The second-order valence-electron chi connectivity index (χ2n) is 3.99. The van der Waals surface area contributed by atoms with E-state index in [1.54, 1.807) is 11.3 Å². The first-order valence-electron chi connectivity index (χ1n) is 5.62. The highest BCUT2D eigenvalue weighted by atomic mass is 32.1. The lowest BCUT2D eigenvalue weighted by atomic mass is 10.2. The van der Waals surface area contributed by atoms with Gasteiger partial charge in [0, 0.05) is 24.5 Å². The molecule has 5 nitrogen and oxygen atoms in total. The van der Waals surface area contributed by atoms with Gasteiger partial charge in [-0.05, 0) is 6.92 Å². The van der Waals surface area contributed by atoms with Crippen molar-refractivity contribution in [3.63, 3.8) is 0 Å². The van der Waals surface area contributed by atoms with E-state index >= 15 is 0 Å². The first-order chi connectivity index (χ1) is 8.61. The molecule has 0 bridgehead atoms. The van der Waals surface area contributed by atoms with Crippen LogP contribution in [-0.2, 0) is 23.0 Å². The summed E-state index contributed by atoms with van der Waals surface area (Å²) in [5.41, 5.74) is 3.05. The standard InChI is InChI=1S/C12H15N3O2S/c1-8-10(6-13-15(8)2)12-14-9(7-18-12)4-5-11(16)17-3/h6-7H,4-5H2,1-3H3. The monoisotopic (exact) mass is 265 g/mol. The van der Waals surface area contributed by atoms with Crippen LogP contribution in [0.3, 0.4) is 0 Å². The molecule has 0 radical (unpaired) electrons. The number of carbonyl (C=O) groups is 1. The van der Waals surface area contributed by atoms with Gasteiger partial charge in [0.1, 0.15) is 5.01 Å². The van der Waals surface area contributed by atoms with Gasteiger partial charge < -0.3 is 4.74 Å². The van der Waals surface area contributed by atoms with Crippen molar-refractivity contribution in [2.45, 2.75) is 19.8 Å². The number of hydrogen-bond acceptors (Lipinski definition) is 5. The van der Waals surface area contributed by atoms with Gasteiger partial charge >= 0.3 is 5.97 Å². The zero-order chi connectivity index (χ0) is 13.1. The molecule has 0 N–H and O–H groups in total. The van der Waals surface area contributed by atoms with Crippen LogP contribution in [0.4, 0.5) is 0 Å². The van der Waals surface area contributed by atoms with Crippen LogP contribution in [0.15, 0.2) is 11.6 Å². The molecule has 0 saturated heterocycles. The third-order valence-electron chi connectivity index (χ3n) is 2.83. The van der Waals surface area contributed by atoms with E-state index in [2.05, 4.69) is 14.8 Å². The van der Waals surface area contributed by atoms with Gasteiger partial charge in [-0.2, -0.15) is 5.10 Å². The van der Waals surface area contributed by atoms with Crippen molar-refractivity contribution in [2.75, 3.05) is 7.11 Å². The van der Waals surface area contributed by atoms with Crippen molar-refractivity contribution in [1.82, 2.24) is 14.8 Å². The Morgan fingerprint density at radius 1 is 1.56 bits per heavy atom. The molecule has 96 valence electrons. The fourth-order valence-corrected chi connectivity index (χ4v) is 2.50. The Morgan fingerprint density at radius 3 is 2.94 bits per heavy atom. The fraction of sp³-hybridized carbons (Fsp3) is 0.417. The highest BCUT2D eigenvalue weighted by molar-refractivity contribution is 7.13. The number of hydrogen-bond donors (Lipinski definition) is 0. The maximum atomic E-state index is 11.1. The predicted octanol–water partition coefficient (Wildman–Crippen LogP) is 1.96. The molecule has 0 aliphatic carbocycles. The maximum absolute atomic E-state index is 11.1. The van der Waals surface area contributed by atoms with Crippen molar-refractivity contribution in [3.8, 4) is 10.6 Å². The number of ether oxygens (including phenoxy) is 1. The van der Waals surface area contributed by atoms with Crippen LogP contribution in [0.1, 0.15) is 17.8 Å². The summed E-state index contributed by atoms with van der Waals surface area (Å²) in [6, 6.07) is 0. The van der Waals surface area contributed by atoms with Gasteiger partial charge in [-0.3, -0.25) is 9.48 Å². The summed E-state index contributed by atoms with van der Waals surface area (Å²) < 4.78 is 6.43. The molecular weight excluding hydrogens is 250 g/mol. The zero-order valence-corrected chi connectivity index (χ0v) is 11.5. The first-order valence-corrected chi connectivity index (χ1v) is 6.50. The second-order valence-corrected chi connectivity index (χ2v) is 4.85. The number of rotatable bonds is 4. The molecule has 18 heavy (non-hydrogen) atoms. The number of esters is 1. The Balaban J connectivity index is 2.11. The lowest BCUT2D eigenvalue weighted by Crippen LogP contribution is -2.01. The Morgan fingerprint density at radius 2 is 2.33 bits per heavy atom. The van der Waals surface area contributed by atoms with Crippen molar-refractivity contribution >= 4 is 17.3 Å². The molecule has 6 heteroatoms. The van der Waals surface area contributed by atoms with Crippen LogP contribution < -0.4 is 0 Å². The van der Waals surface area contributed by atoms with E-state index in [1.807, 2.05) is 30.2 Å². The van der Waals surface area contributed by atoms with Gasteiger partial charge in [0.25, 0.3) is 0 Å². The molecule has 0 fully saturated rings. The number of thiazole rings is 1. The van der Waals surface area contributed by atoms with Gasteiger partial charge in [0.05, 0.1) is 31.0 Å². The average Bonchev–Trinajstić information content (AvgIpc) is 2.95. The quantitative estimate of drug-likeness (QED) is 0.793. The molecule has 2 heterocycles. The molecule has 2 aromatic heterocycles. The summed E-state index contributed by atoms with van der Waals surface area (Å²) in [4.78, 5) is 15.6. The molecule has 2 rings (SSSR count). The number of methoxy groups -OCH3 is 1. The molecule has 2 aromatic rings. The summed E-state index contributed by atoms with van der Waals surface area (Å²) in [7, 11) is 3.30. The number of aromatic nitrogens is 3. The van der Waals surface area contributed by atoms with E-state index in [1.165, 1.54) is 7.11 Å². The minimum atomic E-state index is -0.206. The Bertz CT molecular complexity index is 559. The summed E-state index contributed by atoms with van der Waals surface area (Å²) in [5.74, 6) is -0.206. The molecule has 0 saturated carbocycles. The van der Waals surface area contributed by atoms with E-state index in [0.717, 1.165) is 22.0 Å². The molecule has 0 spiro atoms. The number of carbonyl (C=O) groups excluding carboxylic acids is 1. The van der Waals surface area contributed by atoms with E-state index < -0.39 is 0 Å². The van der Waals surface area contributed by atoms with Crippen LogP contribution in [0.5, 0.6) is 0 Å². The fourth-order valence-electron chi connectivity index (χ4n) is 1.59. The third kappa shape index (κ3) is 2.59. The summed E-state index contributed by atoms with van der Waals surface area (Å²) in [6.07, 6.45) is 2.80. The van der Waals surface area contributed by atoms with E-state index in [4.69, 9.17) is 0 Å². The van der Waals surface area contributed by atoms with Crippen LogP contribution in [0.25, 0.3) is 10.6 Å². The molecule has 0 aromatic carbocycles. The molecule has 0 aliphatic rings. The average molecular weight is 265 g/mol. The number of aryl methyl sites for hydroxylation is 2. The smallest absolute Gasteiger partial charge is 0.305 e. The SMILES string of the molecule is COC(=O)CCc1csc(-c2cnn(C)c2C)n1. The van der Waals surface area contributed by atoms with Crippen molar-refractivity contribution in [1.29, 1.82) is 0 Å². The Hall–Kier alpha value is -1.69. The van der Waals surface area contributed by atoms with E-state index in [9.17, 15) is 4.79 Å². The van der Waals surface area contributed by atoms with Gasteiger partial charge in [-0.25, -0.2) is 4.98 Å². The highest BCUT2D eigenvalue weighted by Gasteiger charge is 2.11. The lowest BCUT2D eigenvalue weighted by Gasteiger charge is -1.97. The van der Waals surface area contributed by atoms with E-state index in [-0.39, 0.29) is 5.97 Å². The molecular formula is C12H15N3O2S. The second kappa shape index (κ2) is 5.30. The highest BCUT2D eigenvalue weighted by Crippen LogP contribution is 2.26. The third-order valence-corrected chi connectivity index (χ3v) is 3.75. The summed E-state index contributed by atoms with van der Waals surface area (Å²) in [6.45, 7) is 2.01. The minimum Gasteiger partial charge on any atom is -0.469 e. The first kappa shape index (κ1) is 12.8. The molecule has 0 aliphatic heterocycles. The van der Waals surface area contributed by atoms with E-state index in [0.29, 0.717) is 12.8 Å². The Labute approximate surface area is 109 Å². The van der Waals surface area contributed by atoms with Crippen LogP contribution in [0, 0.1) is 6.92 Å². The molecule has 0 amide bonds. The van der Waals surface area contributed by atoms with Crippen molar-refractivity contribution in [2.24, 2.45) is 7.05 Å². The van der Waals surface area contributed by atoms with Gasteiger partial charge in [-0.15, -0.1) is 11.3 Å². The largest absolute Gasteiger partial charge is 0.469 e. The molecule has 0 unspecified atom stereocenters. The van der Waals surface area contributed by atoms with Crippen molar-refractivity contribution in [3.05, 3.63) is 23.0 Å². The van der Waals surface area contributed by atoms with Gasteiger partial charge in [0.2, 0.25) is 0 Å². The van der Waals surface area contributed by atoms with Crippen LogP contribution in [0.2, 0.25) is 0 Å². The Kier molecular flexibility index (Phi) is 3.76. The van der Waals surface area contributed by atoms with Gasteiger partial charge in [0.15, 0.2) is 0 Å². The maximum Gasteiger partial charge on any atom is 0.305 e. The summed E-state index contributed by atoms with van der Waals surface area (Å²) in [5, 5.41) is 7.12. The predicted molar refractivity (Wildman–Crippen MR) is 69.4 cm³/mol. The topological polar surface area (TPSA) is 57.0 Å². The normalized spacial score (nSPS) is 10.6. The zero-order valence-electron chi connectivity index (χ0n) is 10.6. The minimum absolute atomic E-state index is 0.206. The van der Waals surface area contributed by atoms with Crippen LogP contribution in [-0.4, -0.2) is 27.8 Å². The van der Waals surface area contributed by atoms with Gasteiger partial charge in [-0.1, -0.05) is 0 Å². The van der Waals surface area contributed by atoms with Crippen molar-refractivity contribution < 1.29 is 9.53 Å².